The van der Waals surface area contributed by atoms with E-state index in [9.17, 15) is 9.59 Å². The van der Waals surface area contributed by atoms with Crippen molar-refractivity contribution >= 4 is 22.6 Å². The van der Waals surface area contributed by atoms with Gasteiger partial charge < -0.3 is 9.80 Å². The summed E-state index contributed by atoms with van der Waals surface area (Å²) in [5.41, 5.74) is 2.12. The van der Waals surface area contributed by atoms with Gasteiger partial charge >= 0.3 is 0 Å². The number of carbonyl (C=O) groups excluding carboxylic acids is 2. The molecule has 2 amide bonds. The van der Waals surface area contributed by atoms with E-state index in [0.29, 0.717) is 24.3 Å². The fraction of sp³-hybridized carbons (Fsp3) is 0.462. The third kappa shape index (κ3) is 4.01. The van der Waals surface area contributed by atoms with Crippen LogP contribution in [-0.2, 0) is 0 Å². The number of hydrogen-bond donors (Lipinski definition) is 1. The van der Waals surface area contributed by atoms with Crippen LogP contribution in [0.4, 0.5) is 0 Å². The fourth-order valence-corrected chi connectivity index (χ4v) is 5.55. The zero-order valence-corrected chi connectivity index (χ0v) is 19.3. The van der Waals surface area contributed by atoms with Gasteiger partial charge in [0.25, 0.3) is 11.8 Å². The number of nitrogens with zero attached hydrogens (tertiary/aromatic N) is 4. The molecule has 0 bridgehead atoms. The van der Waals surface area contributed by atoms with Crippen molar-refractivity contribution in [3.63, 3.8) is 0 Å². The van der Waals surface area contributed by atoms with Crippen LogP contribution in [0, 0.1) is 0 Å². The first-order valence-corrected chi connectivity index (χ1v) is 12.0. The van der Waals surface area contributed by atoms with Crippen molar-refractivity contribution < 1.29 is 9.59 Å². The van der Waals surface area contributed by atoms with Crippen LogP contribution >= 0.6 is 0 Å². The van der Waals surface area contributed by atoms with E-state index in [1.54, 1.807) is 12.4 Å². The van der Waals surface area contributed by atoms with Crippen molar-refractivity contribution in [3.05, 3.63) is 59.7 Å². The highest BCUT2D eigenvalue weighted by Crippen LogP contribution is 2.32. The molecule has 2 aromatic heterocycles. The lowest BCUT2D eigenvalue weighted by molar-refractivity contribution is 0.0507. The summed E-state index contributed by atoms with van der Waals surface area (Å²) in [6.07, 6.45) is 8.24. The number of H-pyrrole nitrogens is 1. The van der Waals surface area contributed by atoms with Crippen molar-refractivity contribution in [3.8, 4) is 0 Å². The molecule has 7 nitrogen and oxygen atoms in total. The Morgan fingerprint density at radius 3 is 2.45 bits per heavy atom. The monoisotopic (exact) mass is 445 g/mol. The van der Waals surface area contributed by atoms with E-state index in [-0.39, 0.29) is 29.8 Å². The molecule has 2 aliphatic heterocycles. The van der Waals surface area contributed by atoms with Gasteiger partial charge in [0.15, 0.2) is 0 Å². The van der Waals surface area contributed by atoms with Gasteiger partial charge in [0.2, 0.25) is 0 Å². The molecule has 7 heteroatoms. The quantitative estimate of drug-likeness (QED) is 0.649. The van der Waals surface area contributed by atoms with E-state index in [4.69, 9.17) is 0 Å². The summed E-state index contributed by atoms with van der Waals surface area (Å²) in [6, 6.07) is 10.3. The number of likely N-dealkylation sites (tertiary alicyclic amines) is 2. The number of carbonyl (C=O) groups is 2. The molecule has 2 saturated heterocycles. The van der Waals surface area contributed by atoms with E-state index < -0.39 is 0 Å². The van der Waals surface area contributed by atoms with Gasteiger partial charge in [0, 0.05) is 42.7 Å². The zero-order valence-electron chi connectivity index (χ0n) is 19.3. The van der Waals surface area contributed by atoms with Gasteiger partial charge in [-0.15, -0.1) is 0 Å². The number of aromatic amines is 1. The minimum Gasteiger partial charge on any atom is -0.337 e. The Bertz CT molecular complexity index is 1150. The van der Waals surface area contributed by atoms with Crippen molar-refractivity contribution in [2.45, 2.75) is 64.0 Å². The highest BCUT2D eigenvalue weighted by molar-refractivity contribution is 6.05. The van der Waals surface area contributed by atoms with E-state index in [1.807, 2.05) is 40.1 Å². The van der Waals surface area contributed by atoms with Crippen LogP contribution in [0.5, 0.6) is 0 Å². The molecule has 2 atom stereocenters. The minimum absolute atomic E-state index is 0.0258. The molecule has 3 aromatic rings. The van der Waals surface area contributed by atoms with Crippen molar-refractivity contribution in [1.82, 2.24) is 25.0 Å². The van der Waals surface area contributed by atoms with Crippen LogP contribution in [0.3, 0.4) is 0 Å². The normalized spacial score (nSPS) is 22.0. The standard InChI is InChI=1S/C26H31N5O2/c1-17-6-5-7-18(2)31(17)25(32)22-16-28-29-23(22)20-11-14-30(15-12-20)26(33)24-21-9-4-3-8-19(21)10-13-27-24/h3-4,8-10,13,16-18,20H,5-7,11-12,14-15H2,1-2H3,(H,28,29). The van der Waals surface area contributed by atoms with Gasteiger partial charge in [-0.2, -0.15) is 5.10 Å². The minimum atomic E-state index is -0.0258. The second-order valence-electron chi connectivity index (χ2n) is 9.49. The lowest BCUT2D eigenvalue weighted by Crippen LogP contribution is -2.47. The SMILES string of the molecule is CC1CCCC(C)N1C(=O)c1cn[nH]c1C1CCN(C(=O)c2nccc3ccccc23)CC1. The van der Waals surface area contributed by atoms with E-state index in [0.717, 1.165) is 42.1 Å². The molecule has 4 heterocycles. The number of rotatable bonds is 3. The number of benzene rings is 1. The maximum absolute atomic E-state index is 13.4. The molecule has 0 spiro atoms. The molecule has 1 N–H and O–H groups in total. The summed E-state index contributed by atoms with van der Waals surface area (Å²) in [7, 11) is 0. The van der Waals surface area contributed by atoms with Gasteiger partial charge in [0.05, 0.1) is 17.5 Å². The molecule has 0 radical (unpaired) electrons. The molecule has 2 aliphatic rings. The molecule has 2 unspecified atom stereocenters. The van der Waals surface area contributed by atoms with Crippen molar-refractivity contribution in [1.29, 1.82) is 0 Å². The second-order valence-corrected chi connectivity index (χ2v) is 9.49. The fourth-order valence-electron chi connectivity index (χ4n) is 5.55. The van der Waals surface area contributed by atoms with Crippen molar-refractivity contribution in [2.24, 2.45) is 0 Å². The third-order valence-corrected chi connectivity index (χ3v) is 7.39. The Balaban J connectivity index is 1.30. The topological polar surface area (TPSA) is 82.2 Å². The highest BCUT2D eigenvalue weighted by Gasteiger charge is 2.34. The third-order valence-electron chi connectivity index (χ3n) is 7.39. The maximum Gasteiger partial charge on any atom is 0.273 e. The summed E-state index contributed by atoms with van der Waals surface area (Å²) >= 11 is 0. The number of hydrogen-bond acceptors (Lipinski definition) is 4. The molecular weight excluding hydrogens is 414 g/mol. The van der Waals surface area contributed by atoms with Crippen molar-refractivity contribution in [2.75, 3.05) is 13.1 Å². The van der Waals surface area contributed by atoms with E-state index in [2.05, 4.69) is 29.0 Å². The first kappa shape index (κ1) is 21.6. The molecule has 172 valence electrons. The summed E-state index contributed by atoms with van der Waals surface area (Å²) < 4.78 is 0. The Kier molecular flexibility index (Phi) is 5.87. The largest absolute Gasteiger partial charge is 0.337 e. The van der Waals surface area contributed by atoms with Gasteiger partial charge in [-0.05, 0) is 57.4 Å². The summed E-state index contributed by atoms with van der Waals surface area (Å²) in [6.45, 7) is 5.55. The number of pyridine rings is 1. The van der Waals surface area contributed by atoms with Crippen LogP contribution in [0.15, 0.2) is 42.7 Å². The molecular formula is C26H31N5O2. The van der Waals surface area contributed by atoms with Crippen LogP contribution in [0.25, 0.3) is 10.8 Å². The van der Waals surface area contributed by atoms with Gasteiger partial charge in [-0.3, -0.25) is 19.7 Å². The first-order chi connectivity index (χ1) is 16.0. The molecule has 2 fully saturated rings. The number of nitrogens with one attached hydrogen (secondary N) is 1. The second kappa shape index (κ2) is 8.96. The molecule has 33 heavy (non-hydrogen) atoms. The highest BCUT2D eigenvalue weighted by atomic mass is 16.2. The average molecular weight is 446 g/mol. The van der Waals surface area contributed by atoms with E-state index >= 15 is 0 Å². The van der Waals surface area contributed by atoms with Crippen LogP contribution in [0.2, 0.25) is 0 Å². The lowest BCUT2D eigenvalue weighted by Gasteiger charge is -2.39. The average Bonchev–Trinajstić information content (AvgIpc) is 3.33. The number of fused-ring (bicyclic) bond motifs is 1. The summed E-state index contributed by atoms with van der Waals surface area (Å²) in [5.74, 6) is 0.241. The maximum atomic E-state index is 13.4. The Morgan fingerprint density at radius 1 is 0.970 bits per heavy atom. The molecule has 1 aromatic carbocycles. The zero-order chi connectivity index (χ0) is 22.9. The van der Waals surface area contributed by atoms with E-state index in [1.165, 1.54) is 6.42 Å². The lowest BCUT2D eigenvalue weighted by atomic mass is 9.90. The predicted octanol–water partition coefficient (Wildman–Crippen LogP) is 4.38. The van der Waals surface area contributed by atoms with Gasteiger partial charge in [0.1, 0.15) is 5.69 Å². The number of piperidine rings is 2. The van der Waals surface area contributed by atoms with Gasteiger partial charge in [-0.1, -0.05) is 24.3 Å². The van der Waals surface area contributed by atoms with Crippen LogP contribution in [0.1, 0.15) is 78.4 Å². The Hall–Kier alpha value is -3.22. The molecule has 5 rings (SSSR count). The molecule has 0 saturated carbocycles. The van der Waals surface area contributed by atoms with Crippen LogP contribution in [-0.4, -0.2) is 62.0 Å². The number of aromatic nitrogens is 3. The first-order valence-electron chi connectivity index (χ1n) is 12.0. The molecule has 0 aliphatic carbocycles. The Labute approximate surface area is 194 Å². The smallest absolute Gasteiger partial charge is 0.273 e. The van der Waals surface area contributed by atoms with Gasteiger partial charge in [-0.25, -0.2) is 0 Å². The summed E-state index contributed by atoms with van der Waals surface area (Å²) in [5, 5.41) is 9.26. The van der Waals surface area contributed by atoms with Crippen LogP contribution < -0.4 is 0 Å². The Morgan fingerprint density at radius 2 is 1.70 bits per heavy atom. The predicted molar refractivity (Wildman–Crippen MR) is 127 cm³/mol. The number of amides is 2. The summed E-state index contributed by atoms with van der Waals surface area (Å²) in [4.78, 5) is 35.0.